The first-order valence-electron chi connectivity index (χ1n) is 32.7. The fourth-order valence-electron chi connectivity index (χ4n) is 12.4. The highest BCUT2D eigenvalue weighted by Gasteiger charge is 2.33. The Morgan fingerprint density at radius 3 is 0.683 bits per heavy atom. The number of esters is 6. The number of ether oxygens (including phenoxy) is 6. The minimum Gasteiger partial charge on any atom is -0.465 e. The standard InChI is InChI=1S/C42H34O4S4.C22H22O4S2.C20H18O4S2/c1-23-7-11-27(12-8-23)29-15-17-31(47-29)33-19-21-35(49-33)37-25(3)40(42(44)46-6)38(26(4)39(37)41(43)45-5)36-22-20-34(50-36)32-18-16-30(48-32)28-13-9-24(2)10-14-28;1-11-7-9-15(27-11)17-13(3)20(22(24)26-6)18(16-10-8-12(2)28-16)14(4)19(17)21(23)25-5;1-11-5-7-17(25-11)13-9-16(20(22)24-4)14(10-15(13)19(21)23-3)18-8-6-12(2)26-18/h7-22H,1-6H3;7-10H,1-6H3;5-10H,1-4H3. The Morgan fingerprint density at radius 1 is 0.231 bits per heavy atom. The van der Waals surface area contributed by atoms with Crippen LogP contribution in [0.3, 0.4) is 0 Å². The molecule has 0 aliphatic rings. The number of aryl methyl sites for hydroxylation is 6. The summed E-state index contributed by atoms with van der Waals surface area (Å²) in [4.78, 5) is 94.5. The summed E-state index contributed by atoms with van der Waals surface area (Å²) in [5.41, 5.74) is 14.6. The molecule has 0 N–H and O–H groups in total. The van der Waals surface area contributed by atoms with Gasteiger partial charge >= 0.3 is 35.8 Å². The lowest BCUT2D eigenvalue weighted by Gasteiger charge is -2.21. The van der Waals surface area contributed by atoms with Crippen molar-refractivity contribution in [1.82, 2.24) is 0 Å². The highest BCUT2D eigenvalue weighted by Crippen LogP contribution is 2.50. The van der Waals surface area contributed by atoms with Crippen LogP contribution in [-0.2, 0) is 28.4 Å². The Hall–Kier alpha value is -9.48. The monoisotopic (exact) mass is 1530 g/mol. The van der Waals surface area contributed by atoms with E-state index in [-0.39, 0.29) is 0 Å². The van der Waals surface area contributed by atoms with E-state index in [1.54, 1.807) is 103 Å². The van der Waals surface area contributed by atoms with Crippen molar-refractivity contribution in [2.75, 3.05) is 42.7 Å². The second-order valence-electron chi connectivity index (χ2n) is 24.4. The SMILES string of the molecule is COC(=O)c1c(C)c(-c2ccc(-c3ccc(-c4ccc(C)cc4)s3)s2)c(C(=O)OC)c(C)c1-c1ccc(-c2ccc(-c3ccc(C)cc3)s2)s1.COC(=O)c1c(C)c(-c2ccc(C)s2)c(C(=O)OC)c(C)c1-c1ccc(C)s1.COC(=O)c1cc(-c2ccc(C)s2)c(C(=O)OC)cc1-c1ccc(C)s1. The van der Waals surface area contributed by atoms with Gasteiger partial charge in [0, 0.05) is 111 Å². The number of rotatable bonds is 16. The van der Waals surface area contributed by atoms with Crippen molar-refractivity contribution in [1.29, 1.82) is 0 Å². The maximum absolute atomic E-state index is 13.6. The molecule has 0 unspecified atom stereocenters. The van der Waals surface area contributed by atoms with E-state index in [0.717, 1.165) is 90.5 Å². The van der Waals surface area contributed by atoms with Gasteiger partial charge in [-0.3, -0.25) is 0 Å². The molecule has 8 heterocycles. The fraction of sp³-hybridized carbons (Fsp3) is 0.190. The number of hydrogen-bond acceptors (Lipinski definition) is 20. The van der Waals surface area contributed by atoms with Gasteiger partial charge in [-0.1, -0.05) is 59.7 Å². The van der Waals surface area contributed by atoms with Gasteiger partial charge in [0.2, 0.25) is 0 Å². The largest absolute Gasteiger partial charge is 0.465 e. The Balaban J connectivity index is 0.000000170. The second kappa shape index (κ2) is 32.7. The van der Waals surface area contributed by atoms with Gasteiger partial charge in [0.25, 0.3) is 0 Å². The van der Waals surface area contributed by atoms with Crippen molar-refractivity contribution in [2.45, 2.75) is 69.2 Å². The molecule has 0 aliphatic carbocycles. The fourth-order valence-corrected chi connectivity index (χ4v) is 20.6. The minimum absolute atomic E-state index is 0.410. The molecular formula is C84H74O12S8. The molecule has 0 spiro atoms. The van der Waals surface area contributed by atoms with Crippen LogP contribution in [0.1, 0.15) is 115 Å². The maximum atomic E-state index is 13.6. The van der Waals surface area contributed by atoms with Gasteiger partial charge in [-0.15, -0.1) is 90.7 Å². The van der Waals surface area contributed by atoms with Gasteiger partial charge in [0.05, 0.1) is 76.0 Å². The molecule has 13 rings (SSSR count). The molecule has 0 saturated carbocycles. The molecule has 0 amide bonds. The molecule has 5 aromatic carbocycles. The predicted octanol–water partition coefficient (Wildman–Crippen LogP) is 24.0. The molecule has 8 aromatic heterocycles. The summed E-state index contributed by atoms with van der Waals surface area (Å²) in [6.07, 6.45) is 0. The zero-order valence-corrected chi connectivity index (χ0v) is 66.7. The number of methoxy groups -OCH3 is 6. The van der Waals surface area contributed by atoms with Crippen molar-refractivity contribution in [3.8, 4) is 103 Å². The highest BCUT2D eigenvalue weighted by atomic mass is 32.1. The number of carbonyl (C=O) groups excluding carboxylic acids is 6. The molecule has 530 valence electrons. The third kappa shape index (κ3) is 15.7. The van der Waals surface area contributed by atoms with Crippen LogP contribution in [0.15, 0.2) is 158 Å². The zero-order valence-electron chi connectivity index (χ0n) is 60.2. The van der Waals surface area contributed by atoms with Crippen molar-refractivity contribution in [3.63, 3.8) is 0 Å². The van der Waals surface area contributed by atoms with E-state index in [1.807, 2.05) is 116 Å². The first-order valence-corrected chi connectivity index (χ1v) is 39.3. The average molecular weight is 1530 g/mol. The molecule has 13 aromatic rings. The lowest BCUT2D eigenvalue weighted by Crippen LogP contribution is -2.14. The minimum atomic E-state index is -0.441. The van der Waals surface area contributed by atoms with Crippen molar-refractivity contribution in [3.05, 3.63) is 244 Å². The van der Waals surface area contributed by atoms with Crippen molar-refractivity contribution < 1.29 is 57.2 Å². The van der Waals surface area contributed by atoms with E-state index in [4.69, 9.17) is 28.4 Å². The van der Waals surface area contributed by atoms with Crippen LogP contribution in [0.2, 0.25) is 0 Å². The molecule has 20 heteroatoms. The quantitative estimate of drug-likeness (QED) is 0.0667. The van der Waals surface area contributed by atoms with Crippen LogP contribution in [0.25, 0.3) is 103 Å². The smallest absolute Gasteiger partial charge is 0.338 e. The molecule has 0 radical (unpaired) electrons. The van der Waals surface area contributed by atoms with E-state index in [9.17, 15) is 28.8 Å². The Morgan fingerprint density at radius 2 is 0.442 bits per heavy atom. The van der Waals surface area contributed by atoms with E-state index < -0.39 is 35.8 Å². The van der Waals surface area contributed by atoms with Crippen LogP contribution < -0.4 is 0 Å². The van der Waals surface area contributed by atoms with Gasteiger partial charge in [-0.25, -0.2) is 28.8 Å². The summed E-state index contributed by atoms with van der Waals surface area (Å²) in [6, 6.07) is 53.2. The van der Waals surface area contributed by atoms with Gasteiger partial charge < -0.3 is 28.4 Å². The number of thiophene rings is 8. The van der Waals surface area contributed by atoms with Crippen LogP contribution in [0.4, 0.5) is 0 Å². The zero-order chi connectivity index (χ0) is 74.5. The molecule has 0 saturated heterocycles. The third-order valence-corrected chi connectivity index (χ3v) is 26.6. The molecule has 0 bridgehead atoms. The molecule has 104 heavy (non-hydrogen) atoms. The molecule has 12 nitrogen and oxygen atoms in total. The third-order valence-electron chi connectivity index (χ3n) is 17.6. The number of hydrogen-bond donors (Lipinski definition) is 0. The van der Waals surface area contributed by atoms with Gasteiger partial charge in [0.1, 0.15) is 0 Å². The van der Waals surface area contributed by atoms with E-state index >= 15 is 0 Å². The van der Waals surface area contributed by atoms with Gasteiger partial charge in [-0.2, -0.15) is 0 Å². The van der Waals surface area contributed by atoms with Gasteiger partial charge in [0.15, 0.2) is 0 Å². The van der Waals surface area contributed by atoms with E-state index in [2.05, 4.69) is 98.8 Å². The van der Waals surface area contributed by atoms with Crippen LogP contribution in [0.5, 0.6) is 0 Å². The summed E-state index contributed by atoms with van der Waals surface area (Å²) < 4.78 is 31.0. The number of carbonyl (C=O) groups is 6. The first kappa shape index (κ1) is 75.7. The Bertz CT molecular complexity index is 5090. The van der Waals surface area contributed by atoms with Crippen molar-refractivity contribution >= 4 is 127 Å². The normalized spacial score (nSPS) is 10.9. The summed E-state index contributed by atoms with van der Waals surface area (Å²) in [5, 5.41) is 0. The molecule has 0 aliphatic heterocycles. The summed E-state index contributed by atoms with van der Waals surface area (Å²) >= 11 is 13.0. The molecule has 0 fully saturated rings. The Kier molecular flexibility index (Phi) is 23.8. The van der Waals surface area contributed by atoms with Crippen molar-refractivity contribution in [2.24, 2.45) is 0 Å². The predicted molar refractivity (Wildman–Crippen MR) is 432 cm³/mol. The van der Waals surface area contributed by atoms with Gasteiger partial charge in [-0.05, 0) is 212 Å². The lowest BCUT2D eigenvalue weighted by molar-refractivity contribution is 0.0586. The summed E-state index contributed by atoms with van der Waals surface area (Å²) in [5.74, 6) is -2.57. The van der Waals surface area contributed by atoms with Crippen LogP contribution in [-0.4, -0.2) is 78.5 Å². The lowest BCUT2D eigenvalue weighted by atomic mass is 9.86. The highest BCUT2D eigenvalue weighted by molar-refractivity contribution is 7.26. The summed E-state index contributed by atoms with van der Waals surface area (Å²) in [6.45, 7) is 19.7. The molecule has 0 atom stereocenters. The van der Waals surface area contributed by atoms with Crippen LogP contribution in [0, 0.1) is 69.2 Å². The average Bonchev–Trinajstić information content (AvgIpc) is 1.61. The first-order chi connectivity index (χ1) is 49.9. The maximum Gasteiger partial charge on any atom is 0.338 e. The summed E-state index contributed by atoms with van der Waals surface area (Å²) in [7, 11) is 8.27. The van der Waals surface area contributed by atoms with E-state index in [1.165, 1.54) is 74.7 Å². The topological polar surface area (TPSA) is 158 Å². The van der Waals surface area contributed by atoms with Crippen LogP contribution >= 0.6 is 90.7 Å². The second-order valence-corrected chi connectivity index (χ2v) is 33.9. The Labute approximate surface area is 637 Å². The molecular weight excluding hydrogens is 1460 g/mol. The number of benzene rings is 5. The van der Waals surface area contributed by atoms with E-state index in [0.29, 0.717) is 66.8 Å².